The maximum absolute atomic E-state index is 12.6. The molecular formula is C17H20ClN3O3. The van der Waals surface area contributed by atoms with Crippen LogP contribution in [0.3, 0.4) is 0 Å². The summed E-state index contributed by atoms with van der Waals surface area (Å²) in [7, 11) is 0. The molecule has 0 spiro atoms. The Morgan fingerprint density at radius 3 is 2.71 bits per heavy atom. The monoisotopic (exact) mass is 349 g/mol. The number of hydrogen-bond donors (Lipinski definition) is 1. The number of carbonyl (C=O) groups is 2. The lowest BCUT2D eigenvalue weighted by Crippen LogP contribution is -2.41. The lowest BCUT2D eigenvalue weighted by atomic mass is 10.2. The van der Waals surface area contributed by atoms with Gasteiger partial charge in [0.15, 0.2) is 0 Å². The second-order valence-electron chi connectivity index (χ2n) is 5.60. The number of halogens is 1. The van der Waals surface area contributed by atoms with E-state index in [2.05, 4.69) is 5.10 Å². The first-order valence-electron chi connectivity index (χ1n) is 7.71. The fourth-order valence-electron chi connectivity index (χ4n) is 2.32. The highest BCUT2D eigenvalue weighted by molar-refractivity contribution is 6.31. The Labute approximate surface area is 145 Å². The van der Waals surface area contributed by atoms with Crippen LogP contribution in [0.25, 0.3) is 0 Å². The van der Waals surface area contributed by atoms with Gasteiger partial charge in [-0.1, -0.05) is 36.7 Å². The minimum Gasteiger partial charge on any atom is -0.480 e. The van der Waals surface area contributed by atoms with Crippen LogP contribution in [-0.4, -0.2) is 44.3 Å². The maximum Gasteiger partial charge on any atom is 0.323 e. The highest BCUT2D eigenvalue weighted by atomic mass is 35.5. The summed E-state index contributed by atoms with van der Waals surface area (Å²) in [6.45, 7) is 3.85. The molecule has 1 atom stereocenters. The van der Waals surface area contributed by atoms with Crippen LogP contribution in [0.15, 0.2) is 36.7 Å². The molecule has 0 bridgehead atoms. The average Bonchev–Trinajstić information content (AvgIpc) is 3.02. The highest BCUT2D eigenvalue weighted by Gasteiger charge is 2.24. The number of hydrogen-bond acceptors (Lipinski definition) is 3. The second kappa shape index (κ2) is 7.97. The summed E-state index contributed by atoms with van der Waals surface area (Å²) < 4.78 is 1.62. The molecule has 1 aromatic heterocycles. The zero-order valence-corrected chi connectivity index (χ0v) is 14.4. The number of amides is 1. The number of aromatic nitrogens is 2. The van der Waals surface area contributed by atoms with Gasteiger partial charge >= 0.3 is 5.97 Å². The first-order chi connectivity index (χ1) is 11.4. The van der Waals surface area contributed by atoms with Crippen molar-refractivity contribution in [3.8, 4) is 0 Å². The van der Waals surface area contributed by atoms with E-state index in [4.69, 9.17) is 16.7 Å². The van der Waals surface area contributed by atoms with E-state index in [0.29, 0.717) is 23.6 Å². The smallest absolute Gasteiger partial charge is 0.323 e. The number of carboxylic acids is 1. The molecule has 0 saturated heterocycles. The molecule has 1 heterocycles. The summed E-state index contributed by atoms with van der Waals surface area (Å²) >= 11 is 6.13. The van der Waals surface area contributed by atoms with Crippen molar-refractivity contribution in [1.82, 2.24) is 14.7 Å². The Bertz CT molecular complexity index is 729. The van der Waals surface area contributed by atoms with E-state index >= 15 is 0 Å². The molecule has 128 valence electrons. The van der Waals surface area contributed by atoms with Crippen molar-refractivity contribution in [2.75, 3.05) is 6.54 Å². The Morgan fingerprint density at radius 2 is 2.08 bits per heavy atom. The Morgan fingerprint density at radius 1 is 1.38 bits per heavy atom. The SMILES string of the molecule is CCC(C)N(CC(=O)O)C(=O)c1cnn(Cc2ccccc2Cl)c1. The number of carbonyl (C=O) groups excluding carboxylic acids is 1. The largest absolute Gasteiger partial charge is 0.480 e. The highest BCUT2D eigenvalue weighted by Crippen LogP contribution is 2.17. The zero-order valence-electron chi connectivity index (χ0n) is 13.6. The van der Waals surface area contributed by atoms with E-state index in [1.807, 2.05) is 32.0 Å². The third kappa shape index (κ3) is 4.35. The minimum atomic E-state index is -1.04. The van der Waals surface area contributed by atoms with Crippen LogP contribution < -0.4 is 0 Å². The molecule has 1 aromatic carbocycles. The molecule has 1 amide bonds. The van der Waals surface area contributed by atoms with Crippen LogP contribution in [0, 0.1) is 0 Å². The normalized spacial score (nSPS) is 12.0. The van der Waals surface area contributed by atoms with Crippen molar-refractivity contribution < 1.29 is 14.7 Å². The van der Waals surface area contributed by atoms with Gasteiger partial charge in [0, 0.05) is 17.3 Å². The van der Waals surface area contributed by atoms with E-state index in [0.717, 1.165) is 5.56 Å². The summed E-state index contributed by atoms with van der Waals surface area (Å²) in [6, 6.07) is 7.25. The van der Waals surface area contributed by atoms with Crippen molar-refractivity contribution in [2.24, 2.45) is 0 Å². The summed E-state index contributed by atoms with van der Waals surface area (Å²) in [5, 5.41) is 13.8. The van der Waals surface area contributed by atoms with Gasteiger partial charge in [-0.25, -0.2) is 0 Å². The van der Waals surface area contributed by atoms with Gasteiger partial charge in [0.1, 0.15) is 6.54 Å². The van der Waals surface area contributed by atoms with Crippen LogP contribution in [0.2, 0.25) is 5.02 Å². The summed E-state index contributed by atoms with van der Waals surface area (Å²) in [6.07, 6.45) is 3.74. The van der Waals surface area contributed by atoms with E-state index < -0.39 is 5.97 Å². The topological polar surface area (TPSA) is 75.4 Å². The van der Waals surface area contributed by atoms with Crippen LogP contribution >= 0.6 is 11.6 Å². The van der Waals surface area contributed by atoms with Crippen LogP contribution in [0.1, 0.15) is 36.2 Å². The predicted octanol–water partition coefficient (Wildman–Crippen LogP) is 2.91. The molecule has 0 fully saturated rings. The standard InChI is InChI=1S/C17H20ClN3O3/c1-3-12(2)21(11-16(22)23)17(24)14-8-19-20(10-14)9-13-6-4-5-7-15(13)18/h4-8,10,12H,3,9,11H2,1-2H3,(H,22,23). The summed E-state index contributed by atoms with van der Waals surface area (Å²) in [5.41, 5.74) is 1.26. The molecular weight excluding hydrogens is 330 g/mol. The minimum absolute atomic E-state index is 0.166. The van der Waals surface area contributed by atoms with E-state index in [9.17, 15) is 9.59 Å². The van der Waals surface area contributed by atoms with Gasteiger partial charge in [0.05, 0.1) is 18.3 Å². The van der Waals surface area contributed by atoms with Crippen molar-refractivity contribution >= 4 is 23.5 Å². The lowest BCUT2D eigenvalue weighted by Gasteiger charge is -2.26. The molecule has 0 saturated carbocycles. The zero-order chi connectivity index (χ0) is 17.7. The van der Waals surface area contributed by atoms with Crippen LogP contribution in [0.4, 0.5) is 0 Å². The molecule has 0 aliphatic carbocycles. The van der Waals surface area contributed by atoms with Gasteiger partial charge in [-0.2, -0.15) is 5.10 Å². The summed E-state index contributed by atoms with van der Waals surface area (Å²) in [5.74, 6) is -1.37. The Hall–Kier alpha value is -2.34. The fourth-order valence-corrected chi connectivity index (χ4v) is 2.52. The number of aliphatic carboxylic acids is 1. The van der Waals surface area contributed by atoms with Crippen LogP contribution in [0.5, 0.6) is 0 Å². The second-order valence-corrected chi connectivity index (χ2v) is 6.01. The molecule has 1 unspecified atom stereocenters. The van der Waals surface area contributed by atoms with Crippen LogP contribution in [-0.2, 0) is 11.3 Å². The molecule has 1 N–H and O–H groups in total. The molecule has 24 heavy (non-hydrogen) atoms. The third-order valence-electron chi connectivity index (χ3n) is 3.86. The van der Waals surface area contributed by atoms with Gasteiger partial charge in [0.2, 0.25) is 0 Å². The molecule has 2 rings (SSSR count). The molecule has 0 aliphatic heterocycles. The first kappa shape index (κ1) is 18.0. The molecule has 0 radical (unpaired) electrons. The molecule has 0 aliphatic rings. The lowest BCUT2D eigenvalue weighted by molar-refractivity contribution is -0.138. The fraction of sp³-hybridized carbons (Fsp3) is 0.353. The van der Waals surface area contributed by atoms with Crippen molar-refractivity contribution in [2.45, 2.75) is 32.9 Å². The van der Waals surface area contributed by atoms with Crippen molar-refractivity contribution in [3.63, 3.8) is 0 Å². The number of carboxylic acid groups (broad SMARTS) is 1. The number of rotatable bonds is 7. The van der Waals surface area contributed by atoms with Crippen molar-refractivity contribution in [3.05, 3.63) is 52.8 Å². The van der Waals surface area contributed by atoms with Gasteiger partial charge < -0.3 is 10.0 Å². The first-order valence-corrected chi connectivity index (χ1v) is 8.08. The van der Waals surface area contributed by atoms with Gasteiger partial charge in [-0.05, 0) is 25.0 Å². The molecule has 6 nitrogen and oxygen atoms in total. The Balaban J connectivity index is 2.17. The van der Waals surface area contributed by atoms with Gasteiger partial charge in [-0.3, -0.25) is 14.3 Å². The molecule has 7 heteroatoms. The van der Waals surface area contributed by atoms with E-state index in [1.165, 1.54) is 11.1 Å². The third-order valence-corrected chi connectivity index (χ3v) is 4.23. The van der Waals surface area contributed by atoms with E-state index in [-0.39, 0.29) is 18.5 Å². The maximum atomic E-state index is 12.6. The van der Waals surface area contributed by atoms with Crippen molar-refractivity contribution in [1.29, 1.82) is 0 Å². The number of nitrogens with zero attached hydrogens (tertiary/aromatic N) is 3. The Kier molecular flexibility index (Phi) is 5.98. The quantitative estimate of drug-likeness (QED) is 0.834. The summed E-state index contributed by atoms with van der Waals surface area (Å²) in [4.78, 5) is 25.0. The van der Waals surface area contributed by atoms with Gasteiger partial charge in [-0.15, -0.1) is 0 Å². The predicted molar refractivity (Wildman–Crippen MR) is 91.2 cm³/mol. The van der Waals surface area contributed by atoms with E-state index in [1.54, 1.807) is 16.9 Å². The molecule has 2 aromatic rings. The average molecular weight is 350 g/mol. The number of benzene rings is 1. The van der Waals surface area contributed by atoms with Gasteiger partial charge in [0.25, 0.3) is 5.91 Å².